The lowest BCUT2D eigenvalue weighted by Crippen LogP contribution is -2.29. The molecule has 0 bridgehead atoms. The summed E-state index contributed by atoms with van der Waals surface area (Å²) in [4.78, 5) is 14.5. The van der Waals surface area contributed by atoms with Crippen molar-refractivity contribution in [2.24, 2.45) is 0 Å². The Labute approximate surface area is 115 Å². The van der Waals surface area contributed by atoms with Gasteiger partial charge >= 0.3 is 0 Å². The summed E-state index contributed by atoms with van der Waals surface area (Å²) in [5.41, 5.74) is 0.200. The number of nitrogens with zero attached hydrogens (tertiary/aromatic N) is 3. The average Bonchev–Trinajstić information content (AvgIpc) is 2.47. The molecule has 102 valence electrons. The summed E-state index contributed by atoms with van der Waals surface area (Å²) in [6.45, 7) is 0.148. The van der Waals surface area contributed by atoms with Crippen LogP contribution < -0.4 is 10.1 Å². The summed E-state index contributed by atoms with van der Waals surface area (Å²) in [7, 11) is 1.66. The molecule has 0 fully saturated rings. The maximum atomic E-state index is 11.0. The van der Waals surface area contributed by atoms with Crippen LogP contribution in [0.3, 0.4) is 0 Å². The number of nitro groups is 1. The highest BCUT2D eigenvalue weighted by atomic mass is 16.6. The molecular formula is C13H12N4O3. The Morgan fingerprint density at radius 2 is 2.35 bits per heavy atom. The molecule has 1 N–H and O–H groups in total. The van der Waals surface area contributed by atoms with Gasteiger partial charge in [-0.15, -0.1) is 0 Å². The van der Waals surface area contributed by atoms with E-state index in [9.17, 15) is 10.1 Å². The predicted molar refractivity (Wildman–Crippen MR) is 72.4 cm³/mol. The number of rotatable bonds is 5. The quantitative estimate of drug-likeness (QED) is 0.655. The molecule has 0 aliphatic rings. The zero-order chi connectivity index (χ0) is 14.5. The van der Waals surface area contributed by atoms with Crippen LogP contribution in [0.25, 0.3) is 10.9 Å². The molecular weight excluding hydrogens is 260 g/mol. The first-order valence-corrected chi connectivity index (χ1v) is 5.89. The number of pyridine rings is 1. The zero-order valence-corrected chi connectivity index (χ0v) is 10.7. The topological polar surface area (TPSA) is 101 Å². The smallest absolute Gasteiger partial charge is 0.295 e. The first kappa shape index (κ1) is 13.7. The first-order chi connectivity index (χ1) is 9.67. The van der Waals surface area contributed by atoms with Crippen LogP contribution in [0.2, 0.25) is 0 Å². The maximum absolute atomic E-state index is 11.0. The number of hydrogen-bond acceptors (Lipinski definition) is 6. The van der Waals surface area contributed by atoms with Gasteiger partial charge in [0, 0.05) is 17.6 Å². The Balaban J connectivity index is 2.39. The number of non-ortho nitro benzene ring substituents is 1. The molecule has 0 amide bonds. The average molecular weight is 272 g/mol. The third-order valence-electron chi connectivity index (χ3n) is 2.81. The fourth-order valence-corrected chi connectivity index (χ4v) is 1.76. The summed E-state index contributed by atoms with van der Waals surface area (Å²) >= 11 is 0. The summed E-state index contributed by atoms with van der Waals surface area (Å²) in [5.74, 6) is 0.467. The van der Waals surface area contributed by atoms with Crippen LogP contribution in [0, 0.1) is 21.4 Å². The minimum atomic E-state index is -0.481. The van der Waals surface area contributed by atoms with Gasteiger partial charge in [-0.25, -0.2) is 4.98 Å². The fraction of sp³-hybridized carbons (Fsp3) is 0.231. The summed E-state index contributed by atoms with van der Waals surface area (Å²) < 4.78 is 5.55. The van der Waals surface area contributed by atoms with E-state index in [1.54, 1.807) is 19.2 Å². The highest BCUT2D eigenvalue weighted by Gasteiger charge is 2.16. The Kier molecular flexibility index (Phi) is 4.08. The van der Waals surface area contributed by atoms with E-state index in [1.165, 1.54) is 18.3 Å². The second kappa shape index (κ2) is 5.95. The number of hydrogen-bond donors (Lipinski definition) is 1. The second-order valence-electron chi connectivity index (χ2n) is 4.02. The van der Waals surface area contributed by atoms with Crippen molar-refractivity contribution in [2.75, 3.05) is 13.7 Å². The number of nitrogens with one attached hydrogen (secondary N) is 1. The number of nitro benzene ring substituents is 1. The first-order valence-electron chi connectivity index (χ1n) is 5.89. The minimum absolute atomic E-state index is 0.0709. The Morgan fingerprint density at radius 3 is 3.00 bits per heavy atom. The van der Waals surface area contributed by atoms with Crippen molar-refractivity contribution in [3.8, 4) is 11.8 Å². The van der Waals surface area contributed by atoms with E-state index in [1.807, 2.05) is 6.07 Å². The highest BCUT2D eigenvalue weighted by molar-refractivity contribution is 5.91. The monoisotopic (exact) mass is 272 g/mol. The Bertz CT molecular complexity index is 681. The lowest BCUT2D eigenvalue weighted by Gasteiger charge is -2.11. The fourth-order valence-electron chi connectivity index (χ4n) is 1.76. The van der Waals surface area contributed by atoms with Gasteiger partial charge in [-0.1, -0.05) is 0 Å². The molecule has 0 aliphatic heterocycles. The molecule has 0 aliphatic carbocycles. The standard InChI is InChI=1S/C13H12N4O3/c1-15-9(7-14)8-20-12-5-4-11(17(18)19)13-10(12)3-2-6-16-13/h2-6,9,15H,8H2,1H3. The number of likely N-dealkylation sites (N-methyl/N-ethyl adjacent to an activating group) is 1. The molecule has 0 saturated carbocycles. The molecule has 1 atom stereocenters. The number of benzene rings is 1. The molecule has 1 unspecified atom stereocenters. The molecule has 0 spiro atoms. The zero-order valence-electron chi connectivity index (χ0n) is 10.7. The molecule has 2 aromatic rings. The van der Waals surface area contributed by atoms with E-state index in [0.717, 1.165) is 0 Å². The van der Waals surface area contributed by atoms with E-state index in [2.05, 4.69) is 10.3 Å². The maximum Gasteiger partial charge on any atom is 0.295 e. The van der Waals surface area contributed by atoms with Gasteiger partial charge in [0.2, 0.25) is 0 Å². The Hall–Kier alpha value is -2.72. The van der Waals surface area contributed by atoms with Crippen LogP contribution in [0.1, 0.15) is 0 Å². The molecule has 0 radical (unpaired) electrons. The van der Waals surface area contributed by atoms with Gasteiger partial charge in [0.25, 0.3) is 5.69 Å². The summed E-state index contributed by atoms with van der Waals surface area (Å²) in [6.07, 6.45) is 1.49. The van der Waals surface area contributed by atoms with Gasteiger partial charge < -0.3 is 10.1 Å². The van der Waals surface area contributed by atoms with Gasteiger partial charge in [-0.3, -0.25) is 10.1 Å². The van der Waals surface area contributed by atoms with E-state index in [0.29, 0.717) is 11.1 Å². The van der Waals surface area contributed by atoms with E-state index < -0.39 is 11.0 Å². The molecule has 1 heterocycles. The lowest BCUT2D eigenvalue weighted by atomic mass is 10.1. The number of ether oxygens (including phenoxy) is 1. The van der Waals surface area contributed by atoms with Crippen molar-refractivity contribution in [3.05, 3.63) is 40.6 Å². The largest absolute Gasteiger partial charge is 0.490 e. The normalized spacial score (nSPS) is 11.8. The van der Waals surface area contributed by atoms with Crippen molar-refractivity contribution in [2.45, 2.75) is 6.04 Å². The van der Waals surface area contributed by atoms with Crippen molar-refractivity contribution in [1.82, 2.24) is 10.3 Å². The van der Waals surface area contributed by atoms with Crippen LogP contribution in [0.5, 0.6) is 5.75 Å². The Morgan fingerprint density at radius 1 is 1.55 bits per heavy atom. The van der Waals surface area contributed by atoms with Crippen molar-refractivity contribution >= 4 is 16.6 Å². The highest BCUT2D eigenvalue weighted by Crippen LogP contribution is 2.31. The predicted octanol–water partition coefficient (Wildman–Crippen LogP) is 1.63. The lowest BCUT2D eigenvalue weighted by molar-refractivity contribution is -0.383. The number of nitriles is 1. The van der Waals surface area contributed by atoms with Gasteiger partial charge in [0.15, 0.2) is 5.52 Å². The van der Waals surface area contributed by atoms with E-state index >= 15 is 0 Å². The van der Waals surface area contributed by atoms with Crippen LogP contribution in [-0.4, -0.2) is 29.6 Å². The van der Waals surface area contributed by atoms with E-state index in [4.69, 9.17) is 10.00 Å². The van der Waals surface area contributed by atoms with Crippen molar-refractivity contribution < 1.29 is 9.66 Å². The van der Waals surface area contributed by atoms with Crippen LogP contribution >= 0.6 is 0 Å². The molecule has 20 heavy (non-hydrogen) atoms. The number of aromatic nitrogens is 1. The molecule has 7 heteroatoms. The summed E-state index contributed by atoms with van der Waals surface area (Å²) in [5, 5.41) is 23.1. The van der Waals surface area contributed by atoms with Gasteiger partial charge in [0.05, 0.1) is 11.0 Å². The third kappa shape index (κ3) is 2.65. The van der Waals surface area contributed by atoms with Crippen LogP contribution in [0.15, 0.2) is 30.5 Å². The molecule has 1 aromatic carbocycles. The second-order valence-corrected chi connectivity index (χ2v) is 4.02. The van der Waals surface area contributed by atoms with Crippen LogP contribution in [0.4, 0.5) is 5.69 Å². The van der Waals surface area contributed by atoms with Gasteiger partial charge in [-0.05, 0) is 25.2 Å². The number of fused-ring (bicyclic) bond motifs is 1. The van der Waals surface area contributed by atoms with Crippen molar-refractivity contribution in [3.63, 3.8) is 0 Å². The SMILES string of the molecule is CNC(C#N)COc1ccc([N+](=O)[O-])c2ncccc12. The van der Waals surface area contributed by atoms with Crippen molar-refractivity contribution in [1.29, 1.82) is 5.26 Å². The van der Waals surface area contributed by atoms with Crippen LogP contribution in [-0.2, 0) is 0 Å². The minimum Gasteiger partial charge on any atom is -0.490 e. The van der Waals surface area contributed by atoms with Gasteiger partial charge in [-0.2, -0.15) is 5.26 Å². The molecule has 7 nitrogen and oxygen atoms in total. The van der Waals surface area contributed by atoms with E-state index in [-0.39, 0.29) is 17.8 Å². The van der Waals surface area contributed by atoms with Gasteiger partial charge in [0.1, 0.15) is 18.4 Å². The molecule has 2 rings (SSSR count). The molecule has 0 saturated heterocycles. The third-order valence-corrected chi connectivity index (χ3v) is 2.81. The summed E-state index contributed by atoms with van der Waals surface area (Å²) in [6, 6.07) is 7.84. The molecule has 1 aromatic heterocycles.